The van der Waals surface area contributed by atoms with Gasteiger partial charge in [-0.3, -0.25) is 0 Å². The predicted molar refractivity (Wildman–Crippen MR) is 85.4 cm³/mol. The molecule has 0 unspecified atom stereocenters. The normalized spacial score (nSPS) is 16.0. The molecule has 0 saturated heterocycles. The minimum atomic E-state index is -0.624. The maximum absolute atomic E-state index is 14.3. The van der Waals surface area contributed by atoms with Crippen molar-refractivity contribution in [2.75, 3.05) is 18.6 Å². The SMILES string of the molecule is CC1=NN(c2cc(OC(C)C)c(Cl)cc2F)C(=O)N(C)CC1. The van der Waals surface area contributed by atoms with Crippen molar-refractivity contribution in [2.24, 2.45) is 5.10 Å². The highest BCUT2D eigenvalue weighted by Gasteiger charge is 2.26. The predicted octanol–water partition coefficient (Wildman–Crippen LogP) is 3.90. The Kier molecular flexibility index (Phi) is 4.90. The second-order valence-electron chi connectivity index (χ2n) is 5.50. The average molecular weight is 328 g/mol. The molecule has 0 radical (unpaired) electrons. The van der Waals surface area contributed by atoms with Crippen LogP contribution in [0.4, 0.5) is 14.9 Å². The van der Waals surface area contributed by atoms with Gasteiger partial charge in [0.1, 0.15) is 11.4 Å². The van der Waals surface area contributed by atoms with E-state index in [0.717, 1.165) is 16.8 Å². The van der Waals surface area contributed by atoms with Crippen molar-refractivity contribution in [3.8, 4) is 5.75 Å². The Hall–Kier alpha value is -1.82. The first-order chi connectivity index (χ1) is 10.3. The van der Waals surface area contributed by atoms with Crippen LogP contribution in [0.5, 0.6) is 5.75 Å². The van der Waals surface area contributed by atoms with Crippen molar-refractivity contribution in [3.05, 3.63) is 23.0 Å². The highest BCUT2D eigenvalue weighted by atomic mass is 35.5. The number of carbonyl (C=O) groups excluding carboxylic acids is 1. The van der Waals surface area contributed by atoms with E-state index in [1.807, 2.05) is 13.8 Å². The van der Waals surface area contributed by atoms with E-state index >= 15 is 0 Å². The molecule has 0 saturated carbocycles. The Labute approximate surface area is 134 Å². The standard InChI is InChI=1S/C15H19ClFN3O2/c1-9(2)22-14-8-13(12(17)7-11(14)16)20-15(21)19(4)6-5-10(3)18-20/h7-9H,5-6H2,1-4H3. The second-order valence-corrected chi connectivity index (χ2v) is 5.91. The molecule has 5 nitrogen and oxygen atoms in total. The molecular formula is C15H19ClFN3O2. The zero-order chi connectivity index (χ0) is 16.4. The highest BCUT2D eigenvalue weighted by Crippen LogP contribution is 2.34. The smallest absolute Gasteiger partial charge is 0.345 e. The second kappa shape index (κ2) is 6.52. The lowest BCUT2D eigenvalue weighted by Crippen LogP contribution is -2.37. The average Bonchev–Trinajstić information content (AvgIpc) is 2.55. The monoisotopic (exact) mass is 327 g/mol. The highest BCUT2D eigenvalue weighted by molar-refractivity contribution is 6.32. The molecule has 1 aliphatic rings. The molecule has 7 heteroatoms. The van der Waals surface area contributed by atoms with Gasteiger partial charge in [0.25, 0.3) is 0 Å². The summed E-state index contributed by atoms with van der Waals surface area (Å²) in [4.78, 5) is 13.9. The van der Waals surface area contributed by atoms with Gasteiger partial charge >= 0.3 is 6.03 Å². The molecule has 120 valence electrons. The van der Waals surface area contributed by atoms with Gasteiger partial charge in [-0.1, -0.05) is 11.6 Å². The molecule has 0 N–H and O–H groups in total. The van der Waals surface area contributed by atoms with Gasteiger partial charge in [-0.2, -0.15) is 10.1 Å². The van der Waals surface area contributed by atoms with Crippen LogP contribution in [0.1, 0.15) is 27.2 Å². The molecule has 0 fully saturated rings. The Morgan fingerprint density at radius 1 is 1.41 bits per heavy atom. The summed E-state index contributed by atoms with van der Waals surface area (Å²) in [7, 11) is 1.66. The molecule has 22 heavy (non-hydrogen) atoms. The molecule has 1 aliphatic heterocycles. The summed E-state index contributed by atoms with van der Waals surface area (Å²) < 4.78 is 19.8. The van der Waals surface area contributed by atoms with Crippen molar-refractivity contribution in [2.45, 2.75) is 33.3 Å². The van der Waals surface area contributed by atoms with Crippen LogP contribution in [0.25, 0.3) is 0 Å². The van der Waals surface area contributed by atoms with Crippen LogP contribution in [0.3, 0.4) is 0 Å². The van der Waals surface area contributed by atoms with Gasteiger partial charge in [-0.05, 0) is 26.8 Å². The number of halogens is 2. The third kappa shape index (κ3) is 3.50. The molecule has 0 atom stereocenters. The van der Waals surface area contributed by atoms with Crippen LogP contribution in [0.2, 0.25) is 5.02 Å². The van der Waals surface area contributed by atoms with Gasteiger partial charge in [0.2, 0.25) is 0 Å². The molecule has 0 aromatic heterocycles. The van der Waals surface area contributed by atoms with Crippen molar-refractivity contribution < 1.29 is 13.9 Å². The number of carbonyl (C=O) groups is 1. The summed E-state index contributed by atoms with van der Waals surface area (Å²) in [6.07, 6.45) is 0.520. The topological polar surface area (TPSA) is 45.1 Å². The Balaban J connectivity index is 2.49. The van der Waals surface area contributed by atoms with E-state index in [-0.39, 0.29) is 16.8 Å². The zero-order valence-corrected chi connectivity index (χ0v) is 13.8. The fourth-order valence-electron chi connectivity index (χ4n) is 2.03. The molecule has 0 aliphatic carbocycles. The number of ether oxygens (including phenoxy) is 1. The van der Waals surface area contributed by atoms with Gasteiger partial charge in [0.15, 0.2) is 5.82 Å². The van der Waals surface area contributed by atoms with Crippen LogP contribution >= 0.6 is 11.6 Å². The summed E-state index contributed by atoms with van der Waals surface area (Å²) in [6, 6.07) is 2.15. The quantitative estimate of drug-likeness (QED) is 0.845. The van der Waals surface area contributed by atoms with Crippen LogP contribution in [-0.4, -0.2) is 36.3 Å². The molecule has 1 heterocycles. The number of nitrogens with zero attached hydrogens (tertiary/aromatic N) is 3. The fraction of sp³-hybridized carbons (Fsp3) is 0.467. The summed E-state index contributed by atoms with van der Waals surface area (Å²) in [5.74, 6) is -0.304. The summed E-state index contributed by atoms with van der Waals surface area (Å²) in [5, 5.41) is 5.42. The lowest BCUT2D eigenvalue weighted by atomic mass is 10.2. The van der Waals surface area contributed by atoms with Crippen LogP contribution in [0.15, 0.2) is 17.2 Å². The minimum absolute atomic E-state index is 0.0261. The Morgan fingerprint density at radius 3 is 2.73 bits per heavy atom. The molecular weight excluding hydrogens is 309 g/mol. The molecule has 0 bridgehead atoms. The van der Waals surface area contributed by atoms with Gasteiger partial charge < -0.3 is 9.64 Å². The first kappa shape index (κ1) is 16.5. The number of rotatable bonds is 3. The van der Waals surface area contributed by atoms with Gasteiger partial charge in [0, 0.05) is 31.8 Å². The molecule has 2 rings (SSSR count). The van der Waals surface area contributed by atoms with E-state index in [0.29, 0.717) is 18.7 Å². The van der Waals surface area contributed by atoms with E-state index in [1.54, 1.807) is 14.0 Å². The van der Waals surface area contributed by atoms with Gasteiger partial charge in [-0.25, -0.2) is 9.18 Å². The number of hydrogen-bond donors (Lipinski definition) is 0. The van der Waals surface area contributed by atoms with Crippen molar-refractivity contribution in [1.29, 1.82) is 0 Å². The minimum Gasteiger partial charge on any atom is -0.489 e. The number of hydrogen-bond acceptors (Lipinski definition) is 3. The number of benzene rings is 1. The maximum Gasteiger partial charge on any atom is 0.345 e. The van der Waals surface area contributed by atoms with Crippen LogP contribution in [0, 0.1) is 5.82 Å². The lowest BCUT2D eigenvalue weighted by Gasteiger charge is -2.23. The van der Waals surface area contributed by atoms with E-state index in [1.165, 1.54) is 11.0 Å². The van der Waals surface area contributed by atoms with E-state index in [2.05, 4.69) is 5.10 Å². The van der Waals surface area contributed by atoms with E-state index < -0.39 is 11.8 Å². The largest absolute Gasteiger partial charge is 0.489 e. The first-order valence-corrected chi connectivity index (χ1v) is 7.42. The summed E-state index contributed by atoms with van der Waals surface area (Å²) >= 11 is 6.00. The molecule has 2 amide bonds. The van der Waals surface area contributed by atoms with Crippen LogP contribution in [-0.2, 0) is 0 Å². The number of amides is 2. The first-order valence-electron chi connectivity index (χ1n) is 7.04. The van der Waals surface area contributed by atoms with Gasteiger partial charge in [0.05, 0.1) is 11.1 Å². The number of anilines is 1. The maximum atomic E-state index is 14.3. The van der Waals surface area contributed by atoms with E-state index in [4.69, 9.17) is 16.3 Å². The van der Waals surface area contributed by atoms with Crippen molar-refractivity contribution in [3.63, 3.8) is 0 Å². The van der Waals surface area contributed by atoms with Gasteiger partial charge in [-0.15, -0.1) is 0 Å². The Morgan fingerprint density at radius 2 is 2.09 bits per heavy atom. The summed E-state index contributed by atoms with van der Waals surface area (Å²) in [5.41, 5.74) is 0.775. The zero-order valence-electron chi connectivity index (χ0n) is 13.1. The number of urea groups is 1. The van der Waals surface area contributed by atoms with Crippen LogP contribution < -0.4 is 9.75 Å². The third-order valence-corrected chi connectivity index (χ3v) is 3.48. The van der Waals surface area contributed by atoms with E-state index in [9.17, 15) is 9.18 Å². The summed E-state index contributed by atoms with van der Waals surface area (Å²) in [6.45, 7) is 6.02. The Bertz CT molecular complexity index is 619. The lowest BCUT2D eigenvalue weighted by molar-refractivity contribution is 0.218. The number of hydrazone groups is 1. The van der Waals surface area contributed by atoms with Crippen molar-refractivity contribution >= 4 is 29.0 Å². The van der Waals surface area contributed by atoms with Crippen molar-refractivity contribution in [1.82, 2.24) is 4.90 Å². The molecule has 1 aromatic carbocycles. The molecule has 1 aromatic rings. The third-order valence-electron chi connectivity index (χ3n) is 3.18. The molecule has 0 spiro atoms. The fourth-order valence-corrected chi connectivity index (χ4v) is 2.23.